The van der Waals surface area contributed by atoms with Gasteiger partial charge in [0.25, 0.3) is 0 Å². The summed E-state index contributed by atoms with van der Waals surface area (Å²) in [6.45, 7) is 4.06. The summed E-state index contributed by atoms with van der Waals surface area (Å²) in [5.41, 5.74) is 1.23. The fourth-order valence-electron chi connectivity index (χ4n) is 1.81. The molecule has 2 aromatic rings. The summed E-state index contributed by atoms with van der Waals surface area (Å²) in [5.74, 6) is -0.0375. The van der Waals surface area contributed by atoms with Gasteiger partial charge in [-0.15, -0.1) is 10.2 Å². The Labute approximate surface area is 111 Å². The molecule has 0 saturated carbocycles. The zero-order valence-corrected chi connectivity index (χ0v) is 10.7. The van der Waals surface area contributed by atoms with Crippen molar-refractivity contribution in [3.05, 3.63) is 47.5 Å². The molecule has 0 atom stereocenters. The van der Waals surface area contributed by atoms with Crippen molar-refractivity contribution in [2.24, 2.45) is 0 Å². The van der Waals surface area contributed by atoms with Crippen LogP contribution >= 0.6 is 0 Å². The van der Waals surface area contributed by atoms with Crippen molar-refractivity contribution >= 4 is 5.97 Å². The number of nitrogens with one attached hydrogen (secondary N) is 1. The predicted octanol–water partition coefficient (Wildman–Crippen LogP) is 1.29. The second kappa shape index (κ2) is 6.10. The van der Waals surface area contributed by atoms with Crippen LogP contribution in [0.15, 0.2) is 30.6 Å². The summed E-state index contributed by atoms with van der Waals surface area (Å²) in [6, 6.07) is 6.89. The van der Waals surface area contributed by atoms with E-state index < -0.39 is 5.97 Å². The Morgan fingerprint density at radius 3 is 3.00 bits per heavy atom. The Balaban J connectivity index is 1.92. The number of nitrogens with zero attached hydrogens (tertiary/aromatic N) is 3. The molecular weight excluding hydrogens is 244 g/mol. The molecule has 0 saturated heterocycles. The highest BCUT2D eigenvalue weighted by atomic mass is 16.4. The molecule has 0 spiro atoms. The lowest BCUT2D eigenvalue weighted by molar-refractivity contribution is 0.0696. The molecule has 19 heavy (non-hydrogen) atoms. The molecule has 0 fully saturated rings. The number of benzene rings is 1. The number of carbonyl (C=O) groups is 1. The Hall–Kier alpha value is -2.21. The van der Waals surface area contributed by atoms with Crippen LogP contribution in [0, 0.1) is 0 Å². The molecular formula is C13H16N4O2. The zero-order valence-electron chi connectivity index (χ0n) is 10.7. The molecule has 0 aliphatic rings. The van der Waals surface area contributed by atoms with Gasteiger partial charge in [0.15, 0.2) is 0 Å². The van der Waals surface area contributed by atoms with Gasteiger partial charge in [0.2, 0.25) is 0 Å². The summed E-state index contributed by atoms with van der Waals surface area (Å²) in [7, 11) is 0. The van der Waals surface area contributed by atoms with Gasteiger partial charge in [0.05, 0.1) is 12.1 Å². The summed E-state index contributed by atoms with van der Waals surface area (Å²) in [6.07, 6.45) is 1.70. The minimum Gasteiger partial charge on any atom is -0.478 e. The fraction of sp³-hybridized carbons (Fsp3) is 0.308. The van der Waals surface area contributed by atoms with E-state index in [9.17, 15) is 4.79 Å². The number of carboxylic acids is 1. The molecule has 2 N–H and O–H groups in total. The van der Waals surface area contributed by atoms with Gasteiger partial charge in [-0.3, -0.25) is 0 Å². The Morgan fingerprint density at radius 2 is 2.26 bits per heavy atom. The summed E-state index contributed by atoms with van der Waals surface area (Å²) >= 11 is 0. The Bertz CT molecular complexity index is 565. The topological polar surface area (TPSA) is 80.0 Å². The molecule has 0 bridgehead atoms. The van der Waals surface area contributed by atoms with Crippen molar-refractivity contribution in [3.63, 3.8) is 0 Å². The summed E-state index contributed by atoms with van der Waals surface area (Å²) in [5, 5.41) is 20.0. The molecule has 6 nitrogen and oxygen atoms in total. The smallest absolute Gasteiger partial charge is 0.335 e. The second-order valence-electron chi connectivity index (χ2n) is 4.14. The van der Waals surface area contributed by atoms with Gasteiger partial charge in [-0.2, -0.15) is 0 Å². The third-order valence-corrected chi connectivity index (χ3v) is 2.82. The molecule has 0 aliphatic carbocycles. The van der Waals surface area contributed by atoms with Gasteiger partial charge in [0.1, 0.15) is 12.2 Å². The van der Waals surface area contributed by atoms with E-state index in [0.717, 1.165) is 17.9 Å². The maximum absolute atomic E-state index is 10.9. The maximum atomic E-state index is 10.9. The quantitative estimate of drug-likeness (QED) is 0.818. The lowest BCUT2D eigenvalue weighted by Gasteiger charge is -2.06. The number of hydrogen-bond donors (Lipinski definition) is 2. The number of carboxylic acid groups (broad SMARTS) is 1. The molecule has 0 unspecified atom stereocenters. The van der Waals surface area contributed by atoms with Crippen molar-refractivity contribution in [2.45, 2.75) is 26.6 Å². The number of aromatic nitrogens is 3. The van der Waals surface area contributed by atoms with E-state index in [2.05, 4.69) is 15.5 Å². The van der Waals surface area contributed by atoms with Gasteiger partial charge >= 0.3 is 5.97 Å². The van der Waals surface area contributed by atoms with Crippen molar-refractivity contribution in [2.75, 3.05) is 0 Å². The first-order valence-electron chi connectivity index (χ1n) is 6.10. The Morgan fingerprint density at radius 1 is 1.42 bits per heavy atom. The summed E-state index contributed by atoms with van der Waals surface area (Å²) < 4.78 is 1.96. The van der Waals surface area contributed by atoms with Crippen LogP contribution in [0.1, 0.15) is 28.7 Å². The first kappa shape index (κ1) is 13.2. The Kier molecular flexibility index (Phi) is 4.25. The standard InChI is InChI=1S/C13H16N4O2/c1-2-17-9-15-16-12(17)8-14-7-10-4-3-5-11(6-10)13(18)19/h3-6,9,14H,2,7-8H2,1H3,(H,18,19). The molecule has 2 rings (SSSR count). The third kappa shape index (κ3) is 3.38. The highest BCUT2D eigenvalue weighted by Gasteiger charge is 2.04. The van der Waals surface area contributed by atoms with Crippen molar-refractivity contribution in [1.29, 1.82) is 0 Å². The first-order valence-corrected chi connectivity index (χ1v) is 6.10. The number of rotatable bonds is 6. The van der Waals surface area contributed by atoms with E-state index in [0.29, 0.717) is 18.7 Å². The normalized spacial score (nSPS) is 10.6. The van der Waals surface area contributed by atoms with Crippen LogP contribution in [0.5, 0.6) is 0 Å². The minimum atomic E-state index is -0.910. The van der Waals surface area contributed by atoms with Crippen molar-refractivity contribution < 1.29 is 9.90 Å². The minimum absolute atomic E-state index is 0.302. The lowest BCUT2D eigenvalue weighted by Crippen LogP contribution is -2.16. The highest BCUT2D eigenvalue weighted by molar-refractivity contribution is 5.87. The van der Waals surface area contributed by atoms with Crippen LogP contribution < -0.4 is 5.32 Å². The second-order valence-corrected chi connectivity index (χ2v) is 4.14. The van der Waals surface area contributed by atoms with Crippen LogP contribution in [-0.4, -0.2) is 25.8 Å². The predicted molar refractivity (Wildman–Crippen MR) is 69.6 cm³/mol. The van der Waals surface area contributed by atoms with Crippen LogP contribution in [0.3, 0.4) is 0 Å². The number of aromatic carboxylic acids is 1. The average molecular weight is 260 g/mol. The summed E-state index contributed by atoms with van der Waals surface area (Å²) in [4.78, 5) is 10.9. The maximum Gasteiger partial charge on any atom is 0.335 e. The van der Waals surface area contributed by atoms with E-state index in [1.54, 1.807) is 24.5 Å². The van der Waals surface area contributed by atoms with E-state index in [-0.39, 0.29) is 0 Å². The molecule has 0 aliphatic heterocycles. The monoisotopic (exact) mass is 260 g/mol. The fourth-order valence-corrected chi connectivity index (χ4v) is 1.81. The van der Waals surface area contributed by atoms with E-state index in [1.807, 2.05) is 17.6 Å². The highest BCUT2D eigenvalue weighted by Crippen LogP contribution is 2.05. The van der Waals surface area contributed by atoms with E-state index in [1.165, 1.54) is 0 Å². The lowest BCUT2D eigenvalue weighted by atomic mass is 10.1. The molecule has 1 heterocycles. The molecule has 100 valence electrons. The number of aryl methyl sites for hydroxylation is 1. The van der Waals surface area contributed by atoms with Gasteiger partial charge in [-0.1, -0.05) is 12.1 Å². The molecule has 1 aromatic heterocycles. The molecule has 1 aromatic carbocycles. The molecule has 0 amide bonds. The average Bonchev–Trinajstić information content (AvgIpc) is 2.86. The van der Waals surface area contributed by atoms with Crippen LogP contribution in [-0.2, 0) is 19.6 Å². The van der Waals surface area contributed by atoms with E-state index in [4.69, 9.17) is 5.11 Å². The number of hydrogen-bond acceptors (Lipinski definition) is 4. The first-order chi connectivity index (χ1) is 9.20. The molecule has 0 radical (unpaired) electrons. The zero-order chi connectivity index (χ0) is 13.7. The van der Waals surface area contributed by atoms with Gasteiger partial charge in [-0.05, 0) is 24.6 Å². The van der Waals surface area contributed by atoms with Crippen molar-refractivity contribution in [3.8, 4) is 0 Å². The van der Waals surface area contributed by atoms with E-state index >= 15 is 0 Å². The van der Waals surface area contributed by atoms with Crippen LogP contribution in [0.25, 0.3) is 0 Å². The van der Waals surface area contributed by atoms with Gasteiger partial charge in [0, 0.05) is 13.1 Å². The van der Waals surface area contributed by atoms with Crippen LogP contribution in [0.4, 0.5) is 0 Å². The van der Waals surface area contributed by atoms with Crippen molar-refractivity contribution in [1.82, 2.24) is 20.1 Å². The third-order valence-electron chi connectivity index (χ3n) is 2.82. The van der Waals surface area contributed by atoms with Gasteiger partial charge in [-0.25, -0.2) is 4.79 Å². The van der Waals surface area contributed by atoms with Gasteiger partial charge < -0.3 is 15.0 Å². The molecule has 6 heteroatoms. The van der Waals surface area contributed by atoms with Crippen LogP contribution in [0.2, 0.25) is 0 Å². The SMILES string of the molecule is CCn1cnnc1CNCc1cccc(C(=O)O)c1. The largest absolute Gasteiger partial charge is 0.478 e.